The summed E-state index contributed by atoms with van der Waals surface area (Å²) in [5.74, 6) is 0.558. The minimum atomic E-state index is -3.70. The van der Waals surface area contributed by atoms with Crippen molar-refractivity contribution in [3.8, 4) is 0 Å². The Hall–Kier alpha value is -2.06. The summed E-state index contributed by atoms with van der Waals surface area (Å²) in [5.41, 5.74) is 2.55. The van der Waals surface area contributed by atoms with Gasteiger partial charge in [0.1, 0.15) is 12.4 Å². The lowest BCUT2D eigenvalue weighted by molar-refractivity contribution is -0.119. The third-order valence-corrected chi connectivity index (χ3v) is 5.91. The molecule has 0 unspecified atom stereocenters. The molecule has 2 aromatic rings. The molecule has 1 N–H and O–H groups in total. The molecule has 0 radical (unpaired) electrons. The number of hydrogen-bond acceptors (Lipinski definition) is 4. The van der Waals surface area contributed by atoms with E-state index >= 15 is 0 Å². The van der Waals surface area contributed by atoms with Gasteiger partial charge in [-0.15, -0.1) is 0 Å². The SMILES string of the molecule is Cc1ccc(CSCCNC(=O)CN(c2cccc(F)c2)S(C)(=O)=O)cc1. The van der Waals surface area contributed by atoms with Gasteiger partial charge in [-0.1, -0.05) is 35.9 Å². The Morgan fingerprint density at radius 3 is 2.52 bits per heavy atom. The fourth-order valence-electron chi connectivity index (χ4n) is 2.35. The first-order valence-corrected chi connectivity index (χ1v) is 11.4. The van der Waals surface area contributed by atoms with Crippen LogP contribution in [0, 0.1) is 12.7 Å². The Balaban J connectivity index is 1.81. The molecule has 0 bridgehead atoms. The molecule has 0 fully saturated rings. The van der Waals surface area contributed by atoms with Crippen LogP contribution in [0.4, 0.5) is 10.1 Å². The molecule has 27 heavy (non-hydrogen) atoms. The first-order chi connectivity index (χ1) is 12.8. The molecule has 0 aliphatic carbocycles. The highest BCUT2D eigenvalue weighted by Gasteiger charge is 2.21. The number of thioether (sulfide) groups is 1. The van der Waals surface area contributed by atoms with Crippen LogP contribution in [0.5, 0.6) is 0 Å². The summed E-state index contributed by atoms with van der Waals surface area (Å²) in [6, 6.07) is 13.4. The number of carbonyl (C=O) groups excluding carboxylic acids is 1. The van der Waals surface area contributed by atoms with E-state index in [-0.39, 0.29) is 12.2 Å². The molecule has 0 aromatic heterocycles. The first kappa shape index (κ1) is 21.2. The predicted octanol–water partition coefficient (Wildman–Crippen LogP) is 2.95. The maximum absolute atomic E-state index is 13.4. The lowest BCUT2D eigenvalue weighted by Crippen LogP contribution is -2.41. The number of halogens is 1. The number of hydrogen-bond donors (Lipinski definition) is 1. The highest BCUT2D eigenvalue weighted by molar-refractivity contribution is 7.98. The number of anilines is 1. The maximum Gasteiger partial charge on any atom is 0.240 e. The van der Waals surface area contributed by atoms with Crippen LogP contribution < -0.4 is 9.62 Å². The van der Waals surface area contributed by atoms with Gasteiger partial charge in [-0.2, -0.15) is 11.8 Å². The van der Waals surface area contributed by atoms with Crippen molar-refractivity contribution in [1.29, 1.82) is 0 Å². The average Bonchev–Trinajstić information content (AvgIpc) is 2.60. The van der Waals surface area contributed by atoms with Crippen LogP contribution in [0.15, 0.2) is 48.5 Å². The second kappa shape index (κ2) is 9.75. The third-order valence-electron chi connectivity index (χ3n) is 3.74. The molecule has 1 amide bonds. The summed E-state index contributed by atoms with van der Waals surface area (Å²) in [6.45, 7) is 2.08. The van der Waals surface area contributed by atoms with Crippen LogP contribution in [-0.2, 0) is 20.6 Å². The van der Waals surface area contributed by atoms with E-state index in [4.69, 9.17) is 0 Å². The molecule has 0 saturated carbocycles. The molecule has 0 aliphatic rings. The highest BCUT2D eigenvalue weighted by Crippen LogP contribution is 2.18. The fraction of sp³-hybridized carbons (Fsp3) is 0.316. The standard InChI is InChI=1S/C19H23FN2O3S2/c1-15-6-8-16(9-7-15)14-26-11-10-21-19(23)13-22(27(2,24)25)18-5-3-4-17(20)12-18/h3-9,12H,10-11,13-14H2,1-2H3,(H,21,23). The zero-order valence-electron chi connectivity index (χ0n) is 15.3. The van der Waals surface area contributed by atoms with Crippen LogP contribution in [0.25, 0.3) is 0 Å². The van der Waals surface area contributed by atoms with Gasteiger partial charge in [0.25, 0.3) is 0 Å². The Labute approximate surface area is 164 Å². The van der Waals surface area contributed by atoms with Crippen molar-refractivity contribution in [2.45, 2.75) is 12.7 Å². The van der Waals surface area contributed by atoms with Crippen molar-refractivity contribution in [1.82, 2.24) is 5.32 Å². The predicted molar refractivity (Wildman–Crippen MR) is 109 cm³/mol. The fourth-order valence-corrected chi connectivity index (χ4v) is 4.02. The zero-order valence-corrected chi connectivity index (χ0v) is 16.9. The molecule has 5 nitrogen and oxygen atoms in total. The van der Waals surface area contributed by atoms with E-state index in [2.05, 4.69) is 29.6 Å². The number of sulfonamides is 1. The summed E-state index contributed by atoms with van der Waals surface area (Å²) < 4.78 is 38.2. The van der Waals surface area contributed by atoms with Crippen molar-refractivity contribution in [3.63, 3.8) is 0 Å². The van der Waals surface area contributed by atoms with Gasteiger partial charge < -0.3 is 5.32 Å². The summed E-state index contributed by atoms with van der Waals surface area (Å²) in [6.07, 6.45) is 0.989. The monoisotopic (exact) mass is 410 g/mol. The number of benzene rings is 2. The summed E-state index contributed by atoms with van der Waals surface area (Å²) in [7, 11) is -3.70. The van der Waals surface area contributed by atoms with Gasteiger partial charge in [-0.3, -0.25) is 9.10 Å². The van der Waals surface area contributed by atoms with Gasteiger partial charge in [0, 0.05) is 18.1 Å². The lowest BCUT2D eigenvalue weighted by atomic mass is 10.2. The van der Waals surface area contributed by atoms with Gasteiger partial charge in [-0.25, -0.2) is 12.8 Å². The molecular formula is C19H23FN2O3S2. The number of nitrogens with one attached hydrogen (secondary N) is 1. The van der Waals surface area contributed by atoms with Crippen molar-refractivity contribution in [2.75, 3.05) is 29.4 Å². The molecule has 2 aromatic carbocycles. The van der Waals surface area contributed by atoms with Crippen LogP contribution >= 0.6 is 11.8 Å². The van der Waals surface area contributed by atoms with E-state index in [9.17, 15) is 17.6 Å². The Morgan fingerprint density at radius 2 is 1.89 bits per heavy atom. The third kappa shape index (κ3) is 7.22. The Kier molecular flexibility index (Phi) is 7.67. The van der Waals surface area contributed by atoms with Crippen molar-refractivity contribution < 1.29 is 17.6 Å². The van der Waals surface area contributed by atoms with Crippen LogP contribution in [0.1, 0.15) is 11.1 Å². The molecule has 0 spiro atoms. The summed E-state index contributed by atoms with van der Waals surface area (Å²) >= 11 is 1.68. The molecule has 0 atom stereocenters. The topological polar surface area (TPSA) is 66.5 Å². The maximum atomic E-state index is 13.4. The van der Waals surface area contributed by atoms with Gasteiger partial charge in [0.15, 0.2) is 0 Å². The van der Waals surface area contributed by atoms with Gasteiger partial charge >= 0.3 is 0 Å². The van der Waals surface area contributed by atoms with E-state index in [1.807, 2.05) is 6.92 Å². The lowest BCUT2D eigenvalue weighted by Gasteiger charge is -2.21. The zero-order chi connectivity index (χ0) is 19.9. The summed E-state index contributed by atoms with van der Waals surface area (Å²) in [4.78, 5) is 12.1. The van der Waals surface area contributed by atoms with E-state index in [1.165, 1.54) is 29.3 Å². The molecule has 0 aliphatic heterocycles. The molecule has 0 heterocycles. The summed E-state index contributed by atoms with van der Waals surface area (Å²) in [5, 5.41) is 2.71. The first-order valence-electron chi connectivity index (χ1n) is 8.39. The van der Waals surface area contributed by atoms with E-state index in [0.717, 1.165) is 22.4 Å². The molecule has 2 rings (SSSR count). The highest BCUT2D eigenvalue weighted by atomic mass is 32.2. The van der Waals surface area contributed by atoms with Crippen LogP contribution in [0.3, 0.4) is 0 Å². The Morgan fingerprint density at radius 1 is 1.19 bits per heavy atom. The van der Waals surface area contributed by atoms with Gasteiger partial charge in [0.2, 0.25) is 15.9 Å². The van der Waals surface area contributed by atoms with Crippen LogP contribution in [-0.4, -0.2) is 39.4 Å². The number of rotatable bonds is 9. The second-order valence-electron chi connectivity index (χ2n) is 6.14. The number of nitrogens with zero attached hydrogens (tertiary/aromatic N) is 1. The number of amides is 1. The van der Waals surface area contributed by atoms with Crippen molar-refractivity contribution in [2.24, 2.45) is 0 Å². The van der Waals surface area contributed by atoms with Crippen molar-refractivity contribution >= 4 is 33.4 Å². The quantitative estimate of drug-likeness (QED) is 0.646. The molecule has 0 saturated heterocycles. The normalized spacial score (nSPS) is 11.2. The van der Waals surface area contributed by atoms with Gasteiger partial charge in [0.05, 0.1) is 11.9 Å². The van der Waals surface area contributed by atoms with E-state index < -0.39 is 21.7 Å². The van der Waals surface area contributed by atoms with Crippen molar-refractivity contribution in [3.05, 3.63) is 65.5 Å². The minimum absolute atomic E-state index is 0.126. The largest absolute Gasteiger partial charge is 0.354 e. The van der Waals surface area contributed by atoms with E-state index in [1.54, 1.807) is 11.8 Å². The molecular weight excluding hydrogens is 387 g/mol. The van der Waals surface area contributed by atoms with Crippen LogP contribution in [0.2, 0.25) is 0 Å². The van der Waals surface area contributed by atoms with E-state index in [0.29, 0.717) is 12.3 Å². The second-order valence-corrected chi connectivity index (χ2v) is 9.15. The number of carbonyl (C=O) groups is 1. The smallest absolute Gasteiger partial charge is 0.240 e. The Bertz CT molecular complexity index is 871. The molecule has 8 heteroatoms. The minimum Gasteiger partial charge on any atom is -0.354 e. The average molecular weight is 411 g/mol. The molecule has 146 valence electrons. The number of aryl methyl sites for hydroxylation is 1. The van der Waals surface area contributed by atoms with Gasteiger partial charge in [-0.05, 0) is 30.7 Å².